The molecular formula is C17H15N2O4-. The van der Waals surface area contributed by atoms with Gasteiger partial charge in [0.1, 0.15) is 0 Å². The van der Waals surface area contributed by atoms with Gasteiger partial charge < -0.3 is 24.7 Å². The second-order valence-electron chi connectivity index (χ2n) is 4.70. The number of hydrogen-bond donors (Lipinski definition) is 1. The highest BCUT2D eigenvalue weighted by Gasteiger charge is 2.15. The Morgan fingerprint density at radius 1 is 1.13 bits per heavy atom. The molecule has 0 aliphatic carbocycles. The molecule has 1 N–H and O–H groups in total. The number of ether oxygens (including phenoxy) is 2. The van der Waals surface area contributed by atoms with Crippen molar-refractivity contribution in [3.05, 3.63) is 53.6 Å². The molecule has 0 saturated carbocycles. The highest BCUT2D eigenvalue weighted by Crippen LogP contribution is 2.31. The third kappa shape index (κ3) is 3.71. The molecule has 0 saturated heterocycles. The number of carboxylic acids is 1. The van der Waals surface area contributed by atoms with Gasteiger partial charge in [-0.05, 0) is 42.0 Å². The first-order valence-electron chi connectivity index (χ1n) is 6.78. The molecule has 2 rings (SSSR count). The normalized spacial score (nSPS) is 11.2. The van der Waals surface area contributed by atoms with Crippen LogP contribution in [0, 0.1) is 11.3 Å². The van der Waals surface area contributed by atoms with Gasteiger partial charge in [-0.2, -0.15) is 5.26 Å². The minimum Gasteiger partial charge on any atom is -0.548 e. The average molecular weight is 311 g/mol. The number of methoxy groups -OCH3 is 2. The molecule has 1 atom stereocenters. The summed E-state index contributed by atoms with van der Waals surface area (Å²) in [6.07, 6.45) is 0. The first-order valence-corrected chi connectivity index (χ1v) is 6.78. The molecule has 0 aromatic heterocycles. The first kappa shape index (κ1) is 16.2. The van der Waals surface area contributed by atoms with E-state index in [0.717, 1.165) is 0 Å². The third-order valence-corrected chi connectivity index (χ3v) is 3.30. The monoisotopic (exact) mass is 311 g/mol. The summed E-state index contributed by atoms with van der Waals surface area (Å²) in [5.41, 5.74) is 1.52. The molecular weight excluding hydrogens is 296 g/mol. The summed E-state index contributed by atoms with van der Waals surface area (Å²) in [5, 5.41) is 23.1. The maximum absolute atomic E-state index is 11.5. The summed E-state index contributed by atoms with van der Waals surface area (Å²) in [6.45, 7) is 0. The summed E-state index contributed by atoms with van der Waals surface area (Å²) >= 11 is 0. The van der Waals surface area contributed by atoms with Gasteiger partial charge in [-0.1, -0.05) is 6.07 Å². The Balaban J connectivity index is 2.31. The van der Waals surface area contributed by atoms with E-state index >= 15 is 0 Å². The van der Waals surface area contributed by atoms with Gasteiger partial charge >= 0.3 is 0 Å². The number of hydrogen-bond acceptors (Lipinski definition) is 6. The number of anilines is 1. The topological polar surface area (TPSA) is 94.4 Å². The lowest BCUT2D eigenvalue weighted by Crippen LogP contribution is -2.34. The van der Waals surface area contributed by atoms with Crippen molar-refractivity contribution in [2.24, 2.45) is 0 Å². The van der Waals surface area contributed by atoms with Gasteiger partial charge in [0, 0.05) is 5.69 Å². The Kier molecular flexibility index (Phi) is 5.05. The van der Waals surface area contributed by atoms with Gasteiger partial charge in [0.25, 0.3) is 0 Å². The van der Waals surface area contributed by atoms with Gasteiger partial charge in [-0.3, -0.25) is 0 Å². The second-order valence-corrected chi connectivity index (χ2v) is 4.70. The van der Waals surface area contributed by atoms with Crippen molar-refractivity contribution in [2.45, 2.75) is 6.04 Å². The van der Waals surface area contributed by atoms with Crippen molar-refractivity contribution >= 4 is 11.7 Å². The molecule has 0 radical (unpaired) electrons. The lowest BCUT2D eigenvalue weighted by Gasteiger charge is -2.22. The van der Waals surface area contributed by atoms with Gasteiger partial charge in [-0.15, -0.1) is 0 Å². The Morgan fingerprint density at radius 3 is 2.30 bits per heavy atom. The Labute approximate surface area is 133 Å². The van der Waals surface area contributed by atoms with Crippen LogP contribution in [0.5, 0.6) is 11.5 Å². The fraction of sp³-hybridized carbons (Fsp3) is 0.176. The van der Waals surface area contributed by atoms with E-state index in [1.807, 2.05) is 6.07 Å². The van der Waals surface area contributed by atoms with Crippen LogP contribution in [0.2, 0.25) is 0 Å². The second kappa shape index (κ2) is 7.18. The molecule has 0 aliphatic rings. The van der Waals surface area contributed by atoms with Crippen molar-refractivity contribution in [2.75, 3.05) is 19.5 Å². The zero-order valence-electron chi connectivity index (χ0n) is 12.7. The molecule has 118 valence electrons. The van der Waals surface area contributed by atoms with E-state index in [1.54, 1.807) is 42.5 Å². The predicted molar refractivity (Wildman–Crippen MR) is 82.1 cm³/mol. The van der Waals surface area contributed by atoms with Crippen molar-refractivity contribution in [3.8, 4) is 17.6 Å². The van der Waals surface area contributed by atoms with E-state index in [4.69, 9.17) is 14.7 Å². The summed E-state index contributed by atoms with van der Waals surface area (Å²) in [4.78, 5) is 11.5. The molecule has 6 heteroatoms. The number of carboxylic acid groups (broad SMARTS) is 1. The molecule has 23 heavy (non-hydrogen) atoms. The molecule has 0 aliphatic heterocycles. The van der Waals surface area contributed by atoms with Crippen LogP contribution < -0.4 is 19.9 Å². The SMILES string of the molecule is COc1ccc(C(Nc2ccc(C#N)cc2)C(=O)[O-])cc1OC. The maximum atomic E-state index is 11.5. The minimum absolute atomic E-state index is 0.429. The lowest BCUT2D eigenvalue weighted by atomic mass is 10.1. The molecule has 0 amide bonds. The summed E-state index contributed by atoms with van der Waals surface area (Å²) in [7, 11) is 2.98. The molecule has 1 unspecified atom stereocenters. The van der Waals surface area contributed by atoms with E-state index in [2.05, 4.69) is 5.32 Å². The van der Waals surface area contributed by atoms with Crippen molar-refractivity contribution in [3.63, 3.8) is 0 Å². The quantitative estimate of drug-likeness (QED) is 0.868. The number of carbonyl (C=O) groups excluding carboxylic acids is 1. The van der Waals surface area contributed by atoms with E-state index in [0.29, 0.717) is 28.3 Å². The Morgan fingerprint density at radius 2 is 1.78 bits per heavy atom. The molecule has 0 heterocycles. The summed E-state index contributed by atoms with van der Waals surface area (Å²) in [6, 6.07) is 12.2. The van der Waals surface area contributed by atoms with Gasteiger partial charge in [0.05, 0.1) is 37.9 Å². The van der Waals surface area contributed by atoms with Crippen LogP contribution in [0.4, 0.5) is 5.69 Å². The van der Waals surface area contributed by atoms with Crippen LogP contribution >= 0.6 is 0 Å². The molecule has 0 spiro atoms. The summed E-state index contributed by atoms with van der Waals surface area (Å²) in [5.74, 6) is -0.342. The average Bonchev–Trinajstić information content (AvgIpc) is 2.59. The fourth-order valence-electron chi connectivity index (χ4n) is 2.12. The van der Waals surface area contributed by atoms with E-state index in [1.165, 1.54) is 14.2 Å². The Hall–Kier alpha value is -3.20. The summed E-state index contributed by atoms with van der Waals surface area (Å²) < 4.78 is 10.3. The molecule has 2 aromatic rings. The number of carbonyl (C=O) groups is 1. The highest BCUT2D eigenvalue weighted by molar-refractivity contribution is 5.78. The standard InChI is InChI=1S/C17H16N2O4/c1-22-14-8-5-12(9-15(14)23-2)16(17(20)21)19-13-6-3-11(10-18)4-7-13/h3-9,16,19H,1-2H3,(H,20,21)/p-1. The maximum Gasteiger partial charge on any atom is 0.161 e. The molecule has 0 bridgehead atoms. The highest BCUT2D eigenvalue weighted by atomic mass is 16.5. The van der Waals surface area contributed by atoms with Crippen LogP contribution in [-0.2, 0) is 4.79 Å². The Bertz CT molecular complexity index is 735. The van der Waals surface area contributed by atoms with Crippen LogP contribution in [0.3, 0.4) is 0 Å². The smallest absolute Gasteiger partial charge is 0.161 e. The minimum atomic E-state index is -1.28. The number of nitrogens with zero attached hydrogens (tertiary/aromatic N) is 1. The van der Waals surface area contributed by atoms with Crippen molar-refractivity contribution in [1.29, 1.82) is 5.26 Å². The van der Waals surface area contributed by atoms with Crippen LogP contribution in [0.15, 0.2) is 42.5 Å². The number of rotatable bonds is 6. The number of benzene rings is 2. The van der Waals surface area contributed by atoms with Crippen LogP contribution in [0.1, 0.15) is 17.2 Å². The zero-order valence-corrected chi connectivity index (χ0v) is 12.7. The van der Waals surface area contributed by atoms with Crippen molar-refractivity contribution in [1.82, 2.24) is 0 Å². The van der Waals surface area contributed by atoms with Gasteiger partial charge in [0.15, 0.2) is 11.5 Å². The third-order valence-electron chi connectivity index (χ3n) is 3.30. The first-order chi connectivity index (χ1) is 11.1. The van der Waals surface area contributed by atoms with Gasteiger partial charge in [0.2, 0.25) is 0 Å². The number of aliphatic carboxylic acids is 1. The zero-order chi connectivity index (χ0) is 16.8. The molecule has 0 fully saturated rings. The number of nitriles is 1. The fourth-order valence-corrected chi connectivity index (χ4v) is 2.12. The number of nitrogens with one attached hydrogen (secondary N) is 1. The van der Waals surface area contributed by atoms with Crippen molar-refractivity contribution < 1.29 is 19.4 Å². The van der Waals surface area contributed by atoms with Gasteiger partial charge in [-0.25, -0.2) is 0 Å². The predicted octanol–water partition coefficient (Wildman–Crippen LogP) is 1.48. The van der Waals surface area contributed by atoms with E-state index < -0.39 is 12.0 Å². The van der Waals surface area contributed by atoms with Crippen LogP contribution in [0.25, 0.3) is 0 Å². The van der Waals surface area contributed by atoms with Crippen LogP contribution in [-0.4, -0.2) is 20.2 Å². The lowest BCUT2D eigenvalue weighted by molar-refractivity contribution is -0.307. The largest absolute Gasteiger partial charge is 0.548 e. The molecule has 6 nitrogen and oxygen atoms in total. The van der Waals surface area contributed by atoms with E-state index in [9.17, 15) is 9.90 Å². The molecule has 2 aromatic carbocycles. The van der Waals surface area contributed by atoms with E-state index in [-0.39, 0.29) is 0 Å².